The fraction of sp³-hybridized carbons (Fsp3) is 0.273. The van der Waals surface area contributed by atoms with Crippen LogP contribution in [0.3, 0.4) is 0 Å². The van der Waals surface area contributed by atoms with E-state index < -0.39 is 0 Å². The summed E-state index contributed by atoms with van der Waals surface area (Å²) in [6.07, 6.45) is 2.74. The molecule has 0 amide bonds. The zero-order valence-electron chi connectivity index (χ0n) is 16.5. The van der Waals surface area contributed by atoms with Crippen molar-refractivity contribution in [2.24, 2.45) is 0 Å². The molecule has 0 atom stereocenters. The van der Waals surface area contributed by atoms with Gasteiger partial charge in [-0.1, -0.05) is 53.0 Å². The van der Waals surface area contributed by atoms with Crippen LogP contribution < -0.4 is 11.2 Å². The molecule has 30 heavy (non-hydrogen) atoms. The third-order valence-corrected chi connectivity index (χ3v) is 5.51. The fourth-order valence-corrected chi connectivity index (χ4v) is 3.68. The maximum Gasteiger partial charge on any atom is 0.331 e. The molecule has 0 spiro atoms. The molecule has 154 valence electrons. The summed E-state index contributed by atoms with van der Waals surface area (Å²) in [4.78, 5) is 30.4. The zero-order chi connectivity index (χ0) is 21.1. The number of nitrogens with zero attached hydrogens (tertiary/aromatic N) is 4. The van der Waals surface area contributed by atoms with Gasteiger partial charge in [0.1, 0.15) is 6.54 Å². The maximum atomic E-state index is 13.1. The van der Waals surface area contributed by atoms with Gasteiger partial charge in [0.25, 0.3) is 5.56 Å². The van der Waals surface area contributed by atoms with Crippen LogP contribution in [0, 0.1) is 0 Å². The van der Waals surface area contributed by atoms with Crippen molar-refractivity contribution in [2.45, 2.75) is 39.3 Å². The Bertz CT molecular complexity index is 1290. The highest BCUT2D eigenvalue weighted by atomic mass is 79.9. The van der Waals surface area contributed by atoms with Gasteiger partial charge in [-0.15, -0.1) is 0 Å². The zero-order valence-corrected chi connectivity index (χ0v) is 18.1. The molecule has 0 saturated heterocycles. The second-order valence-electron chi connectivity index (χ2n) is 7.07. The summed E-state index contributed by atoms with van der Waals surface area (Å²) in [6.45, 7) is 2.57. The summed E-state index contributed by atoms with van der Waals surface area (Å²) in [5.74, 6) is 0.755. The van der Waals surface area contributed by atoms with Gasteiger partial charge in [-0.05, 0) is 42.8 Å². The van der Waals surface area contributed by atoms with Crippen LogP contribution in [-0.4, -0.2) is 19.3 Å². The Labute approximate surface area is 181 Å². The average Bonchev–Trinajstić information content (AvgIpc) is 3.23. The normalized spacial score (nSPS) is 11.3. The molecule has 0 aliphatic carbocycles. The molecular weight excluding hydrogens is 448 g/mol. The lowest BCUT2D eigenvalue weighted by molar-refractivity contribution is 0.369. The van der Waals surface area contributed by atoms with Gasteiger partial charge in [-0.3, -0.25) is 13.9 Å². The number of unbranched alkanes of at least 4 members (excludes halogenated alkanes) is 2. The summed E-state index contributed by atoms with van der Waals surface area (Å²) >= 11 is 3.40. The minimum atomic E-state index is -0.363. The van der Waals surface area contributed by atoms with Gasteiger partial charge in [0.15, 0.2) is 0 Å². The van der Waals surface area contributed by atoms with Crippen LogP contribution >= 0.6 is 15.9 Å². The topological polar surface area (TPSA) is 82.9 Å². The highest BCUT2D eigenvalue weighted by Gasteiger charge is 2.16. The average molecular weight is 469 g/mol. The van der Waals surface area contributed by atoms with Crippen molar-refractivity contribution in [3.8, 4) is 11.4 Å². The first kappa shape index (κ1) is 20.3. The molecule has 4 rings (SSSR count). The first-order valence-electron chi connectivity index (χ1n) is 9.89. The van der Waals surface area contributed by atoms with Crippen LogP contribution in [0.1, 0.15) is 32.1 Å². The third kappa shape index (κ3) is 4.00. The van der Waals surface area contributed by atoms with Gasteiger partial charge in [-0.2, -0.15) is 4.98 Å². The molecule has 0 fully saturated rings. The summed E-state index contributed by atoms with van der Waals surface area (Å²) in [5, 5.41) is 4.54. The number of hydrogen-bond acceptors (Lipinski definition) is 5. The summed E-state index contributed by atoms with van der Waals surface area (Å²) in [5.41, 5.74) is 0.750. The molecular formula is C22H21BrN4O3. The molecule has 8 heteroatoms. The van der Waals surface area contributed by atoms with E-state index in [0.717, 1.165) is 29.3 Å². The van der Waals surface area contributed by atoms with Crippen molar-refractivity contribution < 1.29 is 4.52 Å². The van der Waals surface area contributed by atoms with Gasteiger partial charge >= 0.3 is 5.69 Å². The second kappa shape index (κ2) is 8.79. The Morgan fingerprint density at radius 3 is 2.53 bits per heavy atom. The number of hydrogen-bond donors (Lipinski definition) is 0. The lowest BCUT2D eigenvalue weighted by Crippen LogP contribution is -2.40. The monoisotopic (exact) mass is 468 g/mol. The summed E-state index contributed by atoms with van der Waals surface area (Å²) in [7, 11) is 0. The number of fused-ring (bicyclic) bond motifs is 1. The smallest absolute Gasteiger partial charge is 0.331 e. The number of para-hydroxylation sites is 1. The van der Waals surface area contributed by atoms with E-state index in [2.05, 4.69) is 33.0 Å². The number of aromatic nitrogens is 4. The Morgan fingerprint density at radius 2 is 1.77 bits per heavy atom. The van der Waals surface area contributed by atoms with Crippen LogP contribution in [0.25, 0.3) is 22.3 Å². The Morgan fingerprint density at radius 1 is 1.00 bits per heavy atom. The first-order chi connectivity index (χ1) is 14.6. The predicted octanol–water partition coefficient (Wildman–Crippen LogP) is 4.21. The van der Waals surface area contributed by atoms with Crippen molar-refractivity contribution in [3.05, 3.63) is 79.7 Å². The van der Waals surface area contributed by atoms with Crippen LogP contribution in [0.5, 0.6) is 0 Å². The predicted molar refractivity (Wildman–Crippen MR) is 119 cm³/mol. The Kier molecular flexibility index (Phi) is 5.94. The molecule has 2 aromatic heterocycles. The fourth-order valence-electron chi connectivity index (χ4n) is 3.41. The molecule has 0 N–H and O–H groups in total. The van der Waals surface area contributed by atoms with Gasteiger partial charge in [0.05, 0.1) is 10.9 Å². The number of halogens is 1. The lowest BCUT2D eigenvalue weighted by atomic mass is 10.2. The standard InChI is InChI=1S/C22H21BrN4O3/c1-2-3-6-13-26-21(28)17-7-4-5-8-18(17)27(22(26)29)14-19-24-20(25-30-19)15-9-11-16(23)12-10-15/h4-5,7-12H,2-3,6,13-14H2,1H3. The van der Waals surface area contributed by atoms with Crippen LogP contribution in [0.2, 0.25) is 0 Å². The Hall–Kier alpha value is -3.00. The highest BCUT2D eigenvalue weighted by molar-refractivity contribution is 9.10. The van der Waals surface area contributed by atoms with E-state index in [4.69, 9.17) is 4.52 Å². The first-order valence-corrected chi connectivity index (χ1v) is 10.7. The van der Waals surface area contributed by atoms with Crippen molar-refractivity contribution >= 4 is 26.8 Å². The molecule has 4 aromatic rings. The van der Waals surface area contributed by atoms with Crippen LogP contribution in [0.15, 0.2) is 67.1 Å². The van der Waals surface area contributed by atoms with E-state index in [-0.39, 0.29) is 17.8 Å². The highest BCUT2D eigenvalue weighted by Crippen LogP contribution is 2.19. The molecule has 0 aliphatic heterocycles. The van der Waals surface area contributed by atoms with Crippen LogP contribution in [0.4, 0.5) is 0 Å². The van der Waals surface area contributed by atoms with Crippen molar-refractivity contribution in [3.63, 3.8) is 0 Å². The maximum absolute atomic E-state index is 13.1. The molecule has 0 unspecified atom stereocenters. The van der Waals surface area contributed by atoms with Gasteiger partial charge in [-0.25, -0.2) is 4.79 Å². The van der Waals surface area contributed by atoms with Crippen molar-refractivity contribution in [1.82, 2.24) is 19.3 Å². The molecule has 0 bridgehead atoms. The third-order valence-electron chi connectivity index (χ3n) is 4.98. The molecule has 2 heterocycles. The van der Waals surface area contributed by atoms with Crippen LogP contribution in [-0.2, 0) is 13.1 Å². The second-order valence-corrected chi connectivity index (χ2v) is 7.98. The minimum Gasteiger partial charge on any atom is -0.337 e. The van der Waals surface area contributed by atoms with Crippen molar-refractivity contribution in [1.29, 1.82) is 0 Å². The van der Waals surface area contributed by atoms with E-state index in [1.54, 1.807) is 24.3 Å². The largest absolute Gasteiger partial charge is 0.337 e. The number of benzene rings is 2. The van der Waals surface area contributed by atoms with Gasteiger partial charge < -0.3 is 4.52 Å². The molecule has 0 radical (unpaired) electrons. The van der Waals surface area contributed by atoms with E-state index in [9.17, 15) is 9.59 Å². The van der Waals surface area contributed by atoms with E-state index in [0.29, 0.717) is 29.2 Å². The van der Waals surface area contributed by atoms with E-state index >= 15 is 0 Å². The molecule has 0 saturated carbocycles. The SMILES string of the molecule is CCCCCn1c(=O)c2ccccc2n(Cc2nc(-c3ccc(Br)cc3)no2)c1=O. The lowest BCUT2D eigenvalue weighted by Gasteiger charge is -2.12. The van der Waals surface area contributed by atoms with Gasteiger partial charge in [0, 0.05) is 16.6 Å². The molecule has 0 aliphatic rings. The number of rotatable bonds is 7. The Balaban J connectivity index is 1.74. The van der Waals surface area contributed by atoms with Crippen molar-refractivity contribution in [2.75, 3.05) is 0 Å². The van der Waals surface area contributed by atoms with E-state index in [1.807, 2.05) is 24.3 Å². The quantitative estimate of drug-likeness (QED) is 0.379. The summed E-state index contributed by atoms with van der Waals surface area (Å²) in [6, 6.07) is 14.7. The molecule has 2 aromatic carbocycles. The molecule has 7 nitrogen and oxygen atoms in total. The summed E-state index contributed by atoms with van der Waals surface area (Å²) < 4.78 is 9.20. The van der Waals surface area contributed by atoms with Gasteiger partial charge in [0.2, 0.25) is 11.7 Å². The minimum absolute atomic E-state index is 0.0942. The van der Waals surface area contributed by atoms with E-state index in [1.165, 1.54) is 9.13 Å².